The first-order valence-electron chi connectivity index (χ1n) is 6.58. The average Bonchev–Trinajstić information content (AvgIpc) is 2.38. The molecule has 0 heterocycles. The molecule has 0 fully saturated rings. The molecule has 0 spiro atoms. The molecule has 1 aromatic carbocycles. The van der Waals surface area contributed by atoms with Gasteiger partial charge in [0, 0.05) is 24.1 Å². The summed E-state index contributed by atoms with van der Waals surface area (Å²) in [6.07, 6.45) is 0.967. The number of ether oxygens (including phenoxy) is 1. The Morgan fingerprint density at radius 3 is 2.44 bits per heavy atom. The van der Waals surface area contributed by atoms with Crippen molar-refractivity contribution in [3.63, 3.8) is 0 Å². The lowest BCUT2D eigenvalue weighted by molar-refractivity contribution is 0.164. The van der Waals surface area contributed by atoms with Gasteiger partial charge in [-0.05, 0) is 24.0 Å². The van der Waals surface area contributed by atoms with Crippen molar-refractivity contribution >= 4 is 0 Å². The lowest BCUT2D eigenvalue weighted by Gasteiger charge is -2.27. The lowest BCUT2D eigenvalue weighted by atomic mass is 9.84. The van der Waals surface area contributed by atoms with Gasteiger partial charge in [0.2, 0.25) is 0 Å². The lowest BCUT2D eigenvalue weighted by Crippen LogP contribution is -2.29. The Morgan fingerprint density at radius 2 is 2.00 bits per heavy atom. The molecule has 2 atom stereocenters. The molecule has 3 N–H and O–H groups in total. The van der Waals surface area contributed by atoms with Crippen LogP contribution in [-0.2, 0) is 6.42 Å². The van der Waals surface area contributed by atoms with Crippen molar-refractivity contribution in [3.8, 4) is 5.75 Å². The molecule has 102 valence electrons. The van der Waals surface area contributed by atoms with Crippen LogP contribution in [0.1, 0.15) is 37.9 Å². The van der Waals surface area contributed by atoms with Crippen molar-refractivity contribution in [2.24, 2.45) is 17.6 Å². The summed E-state index contributed by atoms with van der Waals surface area (Å²) in [6, 6.07) is 5.91. The van der Waals surface area contributed by atoms with Gasteiger partial charge in [-0.25, -0.2) is 0 Å². The zero-order chi connectivity index (χ0) is 13.7. The highest BCUT2D eigenvalue weighted by atomic mass is 16.5. The van der Waals surface area contributed by atoms with Crippen LogP contribution in [0, 0.1) is 11.8 Å². The number of aryl methyl sites for hydroxylation is 1. The Labute approximate surface area is 110 Å². The quantitative estimate of drug-likeness (QED) is 0.817. The van der Waals surface area contributed by atoms with Crippen LogP contribution in [0.3, 0.4) is 0 Å². The fourth-order valence-corrected chi connectivity index (χ4v) is 2.23. The van der Waals surface area contributed by atoms with Crippen LogP contribution in [0.25, 0.3) is 0 Å². The van der Waals surface area contributed by atoms with E-state index in [1.165, 1.54) is 5.56 Å². The summed E-state index contributed by atoms with van der Waals surface area (Å²) in [5.41, 5.74) is 8.54. The second-order valence-electron chi connectivity index (χ2n) is 5.05. The third-order valence-corrected chi connectivity index (χ3v) is 3.59. The Bertz CT molecular complexity index is 377. The van der Waals surface area contributed by atoms with E-state index in [2.05, 4.69) is 32.9 Å². The van der Waals surface area contributed by atoms with Crippen molar-refractivity contribution in [1.82, 2.24) is 0 Å². The van der Waals surface area contributed by atoms with E-state index >= 15 is 0 Å². The van der Waals surface area contributed by atoms with E-state index < -0.39 is 0 Å². The monoisotopic (exact) mass is 251 g/mol. The molecule has 18 heavy (non-hydrogen) atoms. The van der Waals surface area contributed by atoms with Gasteiger partial charge in [-0.1, -0.05) is 32.9 Å². The minimum absolute atomic E-state index is 0.0472. The molecule has 0 aliphatic carbocycles. The number of aliphatic hydroxyl groups excluding tert-OH is 1. The highest BCUT2D eigenvalue weighted by Crippen LogP contribution is 2.32. The minimum Gasteiger partial charge on any atom is -0.496 e. The molecule has 0 bridgehead atoms. The van der Waals surface area contributed by atoms with Crippen molar-refractivity contribution in [2.45, 2.75) is 33.2 Å². The van der Waals surface area contributed by atoms with Gasteiger partial charge in [0.05, 0.1) is 7.11 Å². The maximum absolute atomic E-state index is 9.50. The number of hydrogen-bond donors (Lipinski definition) is 2. The molecule has 0 saturated heterocycles. The molecule has 2 unspecified atom stereocenters. The molecule has 1 rings (SSSR count). The Kier molecular flexibility index (Phi) is 5.63. The maximum Gasteiger partial charge on any atom is 0.123 e. The van der Waals surface area contributed by atoms with Gasteiger partial charge in [-0.15, -0.1) is 0 Å². The van der Waals surface area contributed by atoms with Crippen molar-refractivity contribution in [1.29, 1.82) is 0 Å². The number of rotatable bonds is 6. The highest BCUT2D eigenvalue weighted by molar-refractivity contribution is 5.39. The second kappa shape index (κ2) is 6.76. The van der Waals surface area contributed by atoms with Crippen LogP contribution < -0.4 is 10.5 Å². The first-order chi connectivity index (χ1) is 8.54. The van der Waals surface area contributed by atoms with E-state index in [0.29, 0.717) is 5.92 Å². The number of nitrogens with two attached hydrogens (primary N) is 1. The van der Waals surface area contributed by atoms with E-state index in [9.17, 15) is 5.11 Å². The summed E-state index contributed by atoms with van der Waals surface area (Å²) in [4.78, 5) is 0. The molecular formula is C15H25NO2. The predicted octanol–water partition coefficient (Wildman–Crippen LogP) is 2.52. The largest absolute Gasteiger partial charge is 0.496 e. The van der Waals surface area contributed by atoms with Crippen molar-refractivity contribution in [3.05, 3.63) is 29.3 Å². The molecule has 3 heteroatoms. The van der Waals surface area contributed by atoms with Gasteiger partial charge in [0.25, 0.3) is 0 Å². The average molecular weight is 251 g/mol. The van der Waals surface area contributed by atoms with Gasteiger partial charge in [-0.2, -0.15) is 0 Å². The number of methoxy groups -OCH3 is 1. The smallest absolute Gasteiger partial charge is 0.123 e. The fourth-order valence-electron chi connectivity index (χ4n) is 2.23. The summed E-state index contributed by atoms with van der Waals surface area (Å²) in [6.45, 7) is 6.37. The fraction of sp³-hybridized carbons (Fsp3) is 0.600. The van der Waals surface area contributed by atoms with Crippen molar-refractivity contribution in [2.75, 3.05) is 13.7 Å². The normalized spacial score (nSPS) is 14.6. The van der Waals surface area contributed by atoms with Gasteiger partial charge in [0.15, 0.2) is 0 Å². The van der Waals surface area contributed by atoms with E-state index in [1.807, 2.05) is 6.07 Å². The van der Waals surface area contributed by atoms with Gasteiger partial charge >= 0.3 is 0 Å². The summed E-state index contributed by atoms with van der Waals surface area (Å²) in [5, 5.41) is 9.50. The summed E-state index contributed by atoms with van der Waals surface area (Å²) in [7, 11) is 1.65. The molecule has 0 aliphatic rings. The molecule has 0 aliphatic heterocycles. The second-order valence-corrected chi connectivity index (χ2v) is 5.05. The topological polar surface area (TPSA) is 55.5 Å². The first-order valence-corrected chi connectivity index (χ1v) is 6.58. The van der Waals surface area contributed by atoms with E-state index in [1.54, 1.807) is 7.11 Å². The SMILES string of the molecule is CCc1ccc(OC)c(C(N)C(CO)C(C)C)c1. The molecule has 0 saturated carbocycles. The minimum atomic E-state index is -0.198. The molecule has 0 radical (unpaired) electrons. The number of hydrogen-bond acceptors (Lipinski definition) is 3. The Morgan fingerprint density at radius 1 is 1.33 bits per heavy atom. The highest BCUT2D eigenvalue weighted by Gasteiger charge is 2.24. The van der Waals surface area contributed by atoms with Crippen LogP contribution in [0.4, 0.5) is 0 Å². The number of aliphatic hydroxyl groups is 1. The van der Waals surface area contributed by atoms with Crippen LogP contribution in [0.5, 0.6) is 5.75 Å². The molecule has 0 aromatic heterocycles. The maximum atomic E-state index is 9.50. The van der Waals surface area contributed by atoms with Crippen LogP contribution >= 0.6 is 0 Å². The zero-order valence-electron chi connectivity index (χ0n) is 11.8. The van der Waals surface area contributed by atoms with Crippen LogP contribution in [0.15, 0.2) is 18.2 Å². The zero-order valence-corrected chi connectivity index (χ0v) is 11.8. The number of benzene rings is 1. The molecular weight excluding hydrogens is 226 g/mol. The first kappa shape index (κ1) is 15.0. The van der Waals surface area contributed by atoms with Crippen LogP contribution in [0.2, 0.25) is 0 Å². The predicted molar refractivity (Wildman–Crippen MR) is 74.7 cm³/mol. The van der Waals surface area contributed by atoms with Gasteiger partial charge in [-0.3, -0.25) is 0 Å². The standard InChI is InChI=1S/C15H25NO2/c1-5-11-6-7-14(18-4)12(8-11)15(16)13(9-17)10(2)3/h6-8,10,13,15,17H,5,9,16H2,1-4H3. The third-order valence-electron chi connectivity index (χ3n) is 3.59. The summed E-state index contributed by atoms with van der Waals surface area (Å²) in [5.74, 6) is 1.18. The van der Waals surface area contributed by atoms with Crippen molar-refractivity contribution < 1.29 is 9.84 Å². The van der Waals surface area contributed by atoms with Gasteiger partial charge in [0.1, 0.15) is 5.75 Å². The van der Waals surface area contributed by atoms with Crippen LogP contribution in [-0.4, -0.2) is 18.8 Å². The Balaban J connectivity index is 3.12. The summed E-state index contributed by atoms with van der Waals surface area (Å²) < 4.78 is 5.38. The van der Waals surface area contributed by atoms with E-state index in [0.717, 1.165) is 17.7 Å². The van der Waals surface area contributed by atoms with Gasteiger partial charge < -0.3 is 15.6 Å². The Hall–Kier alpha value is -1.06. The van der Waals surface area contributed by atoms with E-state index in [-0.39, 0.29) is 18.6 Å². The van der Waals surface area contributed by atoms with E-state index in [4.69, 9.17) is 10.5 Å². The summed E-state index contributed by atoms with van der Waals surface area (Å²) >= 11 is 0. The third kappa shape index (κ3) is 3.24. The molecule has 0 amide bonds. The molecule has 3 nitrogen and oxygen atoms in total. The molecule has 1 aromatic rings.